The molecule has 0 amide bonds. The summed E-state index contributed by atoms with van der Waals surface area (Å²) in [4.78, 5) is 0. The summed E-state index contributed by atoms with van der Waals surface area (Å²) in [5.74, 6) is -3.64. The zero-order valence-corrected chi connectivity index (χ0v) is 9.20. The van der Waals surface area contributed by atoms with Gasteiger partial charge < -0.3 is 10.9 Å². The molecule has 0 aromatic rings. The number of sulfonamides is 1. The van der Waals surface area contributed by atoms with Crippen molar-refractivity contribution < 1.29 is 22.4 Å². The van der Waals surface area contributed by atoms with Gasteiger partial charge in [0.25, 0.3) is 10.0 Å². The summed E-state index contributed by atoms with van der Waals surface area (Å²) in [5, 5.41) is 11.2. The quantitative estimate of drug-likeness (QED) is 0.322. The van der Waals surface area contributed by atoms with Crippen molar-refractivity contribution in [1.29, 1.82) is 0 Å². The Morgan fingerprint density at radius 3 is 2.31 bits per heavy atom. The maximum absolute atomic E-state index is 12.2. The topological polar surface area (TPSA) is 96.0 Å². The number of amidine groups is 1. The second-order valence-electron chi connectivity index (χ2n) is 3.50. The summed E-state index contributed by atoms with van der Waals surface area (Å²) in [5.41, 5.74) is 5.35. The predicted octanol–water partition coefficient (Wildman–Crippen LogP) is -0.00280. The second kappa shape index (κ2) is 4.91. The first-order chi connectivity index (χ1) is 7.39. The molecule has 1 saturated heterocycles. The van der Waals surface area contributed by atoms with Gasteiger partial charge in [-0.3, -0.25) is 0 Å². The maximum atomic E-state index is 12.2. The molecule has 1 aliphatic rings. The minimum Gasteiger partial charge on any atom is -0.409 e. The average molecular weight is 257 g/mol. The molecular weight excluding hydrogens is 244 g/mol. The van der Waals surface area contributed by atoms with Crippen LogP contribution in [0.1, 0.15) is 12.8 Å². The van der Waals surface area contributed by atoms with Crippen LogP contribution in [0.25, 0.3) is 0 Å². The van der Waals surface area contributed by atoms with E-state index in [9.17, 15) is 17.2 Å². The van der Waals surface area contributed by atoms with E-state index in [4.69, 9.17) is 10.9 Å². The monoisotopic (exact) mass is 257 g/mol. The molecular formula is C7H13F2N3O3S. The molecule has 9 heteroatoms. The summed E-state index contributed by atoms with van der Waals surface area (Å²) < 4.78 is 47.3. The molecule has 0 atom stereocenters. The van der Waals surface area contributed by atoms with Gasteiger partial charge in [0.2, 0.25) is 0 Å². The van der Waals surface area contributed by atoms with Crippen molar-refractivity contribution in [2.75, 3.05) is 13.1 Å². The van der Waals surface area contributed by atoms with Gasteiger partial charge in [-0.2, -0.15) is 13.1 Å². The highest BCUT2D eigenvalue weighted by Crippen LogP contribution is 2.22. The summed E-state index contributed by atoms with van der Waals surface area (Å²) >= 11 is 0. The Morgan fingerprint density at radius 1 is 1.44 bits per heavy atom. The van der Waals surface area contributed by atoms with E-state index >= 15 is 0 Å². The van der Waals surface area contributed by atoms with Gasteiger partial charge in [0.15, 0.2) is 0 Å². The zero-order chi connectivity index (χ0) is 12.3. The molecule has 0 spiro atoms. The number of halogens is 2. The summed E-state index contributed by atoms with van der Waals surface area (Å²) in [6, 6.07) is 0. The fourth-order valence-electron chi connectivity index (χ4n) is 1.60. The molecule has 0 bridgehead atoms. The number of oxime groups is 1. The van der Waals surface area contributed by atoms with Gasteiger partial charge in [-0.25, -0.2) is 8.42 Å². The number of piperidine rings is 1. The Hall–Kier alpha value is -0.960. The molecule has 0 saturated carbocycles. The van der Waals surface area contributed by atoms with Crippen LogP contribution >= 0.6 is 0 Å². The van der Waals surface area contributed by atoms with Crippen molar-refractivity contribution in [3.63, 3.8) is 0 Å². The third kappa shape index (κ3) is 2.59. The molecule has 1 fully saturated rings. The number of hydrogen-bond acceptors (Lipinski definition) is 4. The van der Waals surface area contributed by atoms with Crippen LogP contribution in [0.3, 0.4) is 0 Å². The molecule has 0 radical (unpaired) electrons. The minimum atomic E-state index is -4.50. The first kappa shape index (κ1) is 13.1. The van der Waals surface area contributed by atoms with Gasteiger partial charge in [-0.1, -0.05) is 5.16 Å². The first-order valence-electron chi connectivity index (χ1n) is 4.64. The molecule has 16 heavy (non-hydrogen) atoms. The van der Waals surface area contributed by atoms with Crippen molar-refractivity contribution in [2.45, 2.75) is 18.6 Å². The molecule has 0 aliphatic carbocycles. The smallest absolute Gasteiger partial charge is 0.350 e. The highest BCUT2D eigenvalue weighted by Gasteiger charge is 2.35. The minimum absolute atomic E-state index is 0.00842. The normalized spacial score (nSPS) is 21.6. The highest BCUT2D eigenvalue weighted by atomic mass is 32.2. The summed E-state index contributed by atoms with van der Waals surface area (Å²) in [7, 11) is -4.50. The van der Waals surface area contributed by atoms with Crippen molar-refractivity contribution >= 4 is 15.9 Å². The van der Waals surface area contributed by atoms with Crippen molar-refractivity contribution in [2.24, 2.45) is 16.8 Å². The number of nitrogens with two attached hydrogens (primary N) is 1. The molecule has 3 N–H and O–H groups in total. The van der Waals surface area contributed by atoms with Crippen LogP contribution in [0.15, 0.2) is 5.16 Å². The number of nitrogens with zero attached hydrogens (tertiary/aromatic N) is 2. The number of alkyl halides is 2. The van der Waals surface area contributed by atoms with E-state index < -0.39 is 15.8 Å². The summed E-state index contributed by atoms with van der Waals surface area (Å²) in [6.45, 7) is -0.0683. The van der Waals surface area contributed by atoms with Crippen LogP contribution in [0.5, 0.6) is 0 Å². The SMILES string of the molecule is NC(=NO)C1CCN(S(=O)(=O)C(F)F)CC1. The highest BCUT2D eigenvalue weighted by molar-refractivity contribution is 7.89. The van der Waals surface area contributed by atoms with Crippen molar-refractivity contribution in [3.8, 4) is 0 Å². The molecule has 0 aromatic carbocycles. The van der Waals surface area contributed by atoms with Crippen molar-refractivity contribution in [3.05, 3.63) is 0 Å². The molecule has 1 heterocycles. The van der Waals surface area contributed by atoms with Crippen LogP contribution in [-0.2, 0) is 10.0 Å². The fraction of sp³-hybridized carbons (Fsp3) is 0.857. The molecule has 1 aliphatic heterocycles. The van der Waals surface area contributed by atoms with E-state index in [1.54, 1.807) is 0 Å². The van der Waals surface area contributed by atoms with E-state index in [0.29, 0.717) is 0 Å². The zero-order valence-electron chi connectivity index (χ0n) is 8.38. The lowest BCUT2D eigenvalue weighted by molar-refractivity contribution is 0.209. The Labute approximate surface area is 91.8 Å². The largest absolute Gasteiger partial charge is 0.409 e. The Balaban J connectivity index is 2.63. The Kier molecular flexibility index (Phi) is 4.03. The second-order valence-corrected chi connectivity index (χ2v) is 5.41. The third-order valence-corrected chi connectivity index (χ3v) is 4.11. The van der Waals surface area contributed by atoms with Gasteiger partial charge in [-0.05, 0) is 12.8 Å². The lowest BCUT2D eigenvalue weighted by atomic mass is 9.97. The van der Waals surface area contributed by atoms with E-state index in [0.717, 1.165) is 4.31 Å². The fourth-order valence-corrected chi connectivity index (χ4v) is 2.55. The third-order valence-electron chi connectivity index (χ3n) is 2.57. The van der Waals surface area contributed by atoms with Crippen LogP contribution in [0.4, 0.5) is 8.78 Å². The van der Waals surface area contributed by atoms with Crippen LogP contribution in [0.2, 0.25) is 0 Å². The molecule has 0 aromatic heterocycles. The first-order valence-corrected chi connectivity index (χ1v) is 6.14. The van der Waals surface area contributed by atoms with E-state index in [-0.39, 0.29) is 37.7 Å². The molecule has 6 nitrogen and oxygen atoms in total. The van der Waals surface area contributed by atoms with E-state index in [2.05, 4.69) is 5.16 Å². The number of hydrogen-bond donors (Lipinski definition) is 2. The van der Waals surface area contributed by atoms with Gasteiger partial charge >= 0.3 is 5.76 Å². The van der Waals surface area contributed by atoms with Crippen LogP contribution < -0.4 is 5.73 Å². The standard InChI is InChI=1S/C7H13F2N3O3S/c8-7(9)16(14,15)12-3-1-5(2-4-12)6(10)11-13/h5,7,13H,1-4H2,(H2,10,11). The lowest BCUT2D eigenvalue weighted by Gasteiger charge is -2.29. The van der Waals surface area contributed by atoms with Gasteiger partial charge in [0.05, 0.1) is 0 Å². The Morgan fingerprint density at radius 2 is 1.94 bits per heavy atom. The Bertz CT molecular complexity index is 363. The van der Waals surface area contributed by atoms with Crippen molar-refractivity contribution in [1.82, 2.24) is 4.31 Å². The molecule has 94 valence electrons. The average Bonchev–Trinajstić information content (AvgIpc) is 2.28. The maximum Gasteiger partial charge on any atom is 0.350 e. The van der Waals surface area contributed by atoms with E-state index in [1.165, 1.54) is 0 Å². The van der Waals surface area contributed by atoms with Gasteiger partial charge in [0.1, 0.15) is 5.84 Å². The number of rotatable bonds is 3. The van der Waals surface area contributed by atoms with Crippen LogP contribution in [0, 0.1) is 5.92 Å². The van der Waals surface area contributed by atoms with Gasteiger partial charge in [0, 0.05) is 19.0 Å². The van der Waals surface area contributed by atoms with Crippen LogP contribution in [-0.4, -0.2) is 42.6 Å². The van der Waals surface area contributed by atoms with E-state index in [1.807, 2.05) is 0 Å². The molecule has 1 rings (SSSR count). The predicted molar refractivity (Wildman–Crippen MR) is 52.6 cm³/mol. The molecule has 0 unspecified atom stereocenters. The van der Waals surface area contributed by atoms with Gasteiger partial charge in [-0.15, -0.1) is 0 Å². The summed E-state index contributed by atoms with van der Waals surface area (Å²) in [6.07, 6.45) is 0.559. The lowest BCUT2D eigenvalue weighted by Crippen LogP contribution is -2.43.